The lowest BCUT2D eigenvalue weighted by atomic mass is 9.89. The first-order valence-corrected chi connectivity index (χ1v) is 9.99. The van der Waals surface area contributed by atoms with E-state index in [1.165, 1.54) is 11.0 Å². The largest absolute Gasteiger partial charge is 0.417 e. The van der Waals surface area contributed by atoms with Gasteiger partial charge in [0.25, 0.3) is 0 Å². The van der Waals surface area contributed by atoms with Crippen LogP contribution in [-0.4, -0.2) is 28.0 Å². The number of nitrogens with zero attached hydrogens (tertiary/aromatic N) is 4. The van der Waals surface area contributed by atoms with Gasteiger partial charge in [-0.1, -0.05) is 30.5 Å². The second-order valence-electron chi connectivity index (χ2n) is 7.53. The monoisotopic (exact) mass is 434 g/mol. The van der Waals surface area contributed by atoms with Crippen LogP contribution in [-0.2, 0) is 12.7 Å². The lowest BCUT2D eigenvalue weighted by Crippen LogP contribution is -2.39. The van der Waals surface area contributed by atoms with Crippen molar-refractivity contribution in [3.05, 3.63) is 58.4 Å². The summed E-state index contributed by atoms with van der Waals surface area (Å²) in [5, 5.41) is 9.40. The number of anilines is 1. The Morgan fingerprint density at radius 3 is 2.53 bits per heavy atom. The molecule has 9 heteroatoms. The number of carbonyl (C=O) groups is 1. The number of rotatable bonds is 3. The number of urea groups is 1. The summed E-state index contributed by atoms with van der Waals surface area (Å²) in [4.78, 5) is 20.5. The summed E-state index contributed by atoms with van der Waals surface area (Å²) in [5.74, 6) is 0. The highest BCUT2D eigenvalue weighted by Gasteiger charge is 2.47. The molecule has 4 rings (SSSR count). The Morgan fingerprint density at radius 1 is 1.17 bits per heavy atom. The van der Waals surface area contributed by atoms with Gasteiger partial charge in [-0.15, -0.1) is 0 Å². The van der Waals surface area contributed by atoms with Gasteiger partial charge in [-0.2, -0.15) is 18.4 Å². The van der Waals surface area contributed by atoms with Crippen molar-refractivity contribution in [1.29, 1.82) is 5.26 Å². The van der Waals surface area contributed by atoms with E-state index in [0.29, 0.717) is 18.1 Å². The second-order valence-corrected chi connectivity index (χ2v) is 7.92. The maximum absolute atomic E-state index is 13.4. The van der Waals surface area contributed by atoms with E-state index in [1.54, 1.807) is 29.3 Å². The maximum Gasteiger partial charge on any atom is 0.417 e. The summed E-state index contributed by atoms with van der Waals surface area (Å²) in [6.45, 7) is 0.309. The minimum absolute atomic E-state index is 0.0908. The van der Waals surface area contributed by atoms with E-state index in [1.807, 2.05) is 0 Å². The van der Waals surface area contributed by atoms with Gasteiger partial charge in [0.2, 0.25) is 0 Å². The van der Waals surface area contributed by atoms with E-state index >= 15 is 0 Å². The molecule has 2 atom stereocenters. The van der Waals surface area contributed by atoms with Crippen molar-refractivity contribution in [1.82, 2.24) is 9.88 Å². The van der Waals surface area contributed by atoms with Crippen LogP contribution in [0.1, 0.15) is 42.4 Å². The van der Waals surface area contributed by atoms with Crippen LogP contribution in [0, 0.1) is 11.3 Å². The minimum atomic E-state index is -4.68. The Bertz CT molecular complexity index is 1000. The lowest BCUT2D eigenvalue weighted by molar-refractivity contribution is -0.137. The SMILES string of the molecule is N#Cc1ccc(N2C(=O)N(Cc3ccc(Cl)nc3)C3CCCCC32)cc1C(F)(F)F. The summed E-state index contributed by atoms with van der Waals surface area (Å²) in [6.07, 6.45) is 0.288. The number of aromatic nitrogens is 1. The molecule has 30 heavy (non-hydrogen) atoms. The molecule has 2 aromatic rings. The van der Waals surface area contributed by atoms with Crippen molar-refractivity contribution < 1.29 is 18.0 Å². The van der Waals surface area contributed by atoms with Crippen LogP contribution in [0.4, 0.5) is 23.7 Å². The van der Waals surface area contributed by atoms with Gasteiger partial charge in [-0.05, 0) is 42.7 Å². The fourth-order valence-corrected chi connectivity index (χ4v) is 4.49. The zero-order chi connectivity index (χ0) is 21.5. The van der Waals surface area contributed by atoms with Crippen molar-refractivity contribution in [2.45, 2.75) is 50.5 Å². The number of amides is 2. The molecule has 0 radical (unpaired) electrons. The summed E-state index contributed by atoms with van der Waals surface area (Å²) in [6, 6.07) is 7.84. The van der Waals surface area contributed by atoms with Crippen LogP contribution >= 0.6 is 11.6 Å². The van der Waals surface area contributed by atoms with Crippen LogP contribution < -0.4 is 4.90 Å². The highest BCUT2D eigenvalue weighted by molar-refractivity contribution is 6.29. The Morgan fingerprint density at radius 2 is 1.90 bits per heavy atom. The second kappa shape index (κ2) is 7.80. The third kappa shape index (κ3) is 3.70. The molecule has 2 aliphatic rings. The van der Waals surface area contributed by atoms with Crippen LogP contribution in [0.3, 0.4) is 0 Å². The molecule has 2 fully saturated rings. The normalized spacial score (nSPS) is 21.5. The summed E-state index contributed by atoms with van der Waals surface area (Å²) >= 11 is 5.83. The smallest absolute Gasteiger partial charge is 0.315 e. The van der Waals surface area contributed by atoms with E-state index < -0.39 is 17.3 Å². The molecule has 5 nitrogen and oxygen atoms in total. The molecule has 2 heterocycles. The molecular weight excluding hydrogens is 417 g/mol. The number of hydrogen-bond acceptors (Lipinski definition) is 3. The number of pyridine rings is 1. The summed E-state index contributed by atoms with van der Waals surface area (Å²) in [5.41, 5.74) is -0.514. The van der Waals surface area contributed by atoms with Gasteiger partial charge in [0.15, 0.2) is 0 Å². The standard InChI is InChI=1S/C21H18ClF3N4O/c22-19-8-5-13(11-27-19)12-28-17-3-1-2-4-18(17)29(20(28)30)15-7-6-14(10-26)16(9-15)21(23,24)25/h5-9,11,17-18H,1-4,12H2. The highest BCUT2D eigenvalue weighted by atomic mass is 35.5. The first-order valence-electron chi connectivity index (χ1n) is 9.61. The molecule has 1 aromatic heterocycles. The van der Waals surface area contributed by atoms with Gasteiger partial charge in [0.05, 0.1) is 29.3 Å². The predicted molar refractivity (Wildman–Crippen MR) is 105 cm³/mol. The summed E-state index contributed by atoms with van der Waals surface area (Å²) < 4.78 is 40.3. The third-order valence-electron chi connectivity index (χ3n) is 5.73. The molecule has 1 saturated heterocycles. The van der Waals surface area contributed by atoms with Gasteiger partial charge >= 0.3 is 12.2 Å². The van der Waals surface area contributed by atoms with Crippen LogP contribution in [0.25, 0.3) is 0 Å². The molecule has 0 N–H and O–H groups in total. The quantitative estimate of drug-likeness (QED) is 0.609. The fraction of sp³-hybridized carbons (Fsp3) is 0.381. The average Bonchev–Trinajstić information content (AvgIpc) is 3.00. The van der Waals surface area contributed by atoms with Crippen molar-refractivity contribution in [2.75, 3.05) is 4.90 Å². The van der Waals surface area contributed by atoms with Gasteiger partial charge in [-0.3, -0.25) is 4.90 Å². The number of carbonyl (C=O) groups excluding carboxylic acids is 1. The Hall–Kier alpha value is -2.79. The van der Waals surface area contributed by atoms with Crippen molar-refractivity contribution in [3.63, 3.8) is 0 Å². The fourth-order valence-electron chi connectivity index (χ4n) is 4.38. The van der Waals surface area contributed by atoms with Crippen LogP contribution in [0.2, 0.25) is 5.15 Å². The number of benzene rings is 1. The van der Waals surface area contributed by atoms with Crippen molar-refractivity contribution >= 4 is 23.3 Å². The molecule has 156 valence electrons. The molecule has 1 saturated carbocycles. The molecule has 2 amide bonds. The molecule has 1 aliphatic carbocycles. The molecule has 1 aliphatic heterocycles. The van der Waals surface area contributed by atoms with Gasteiger partial charge in [0, 0.05) is 18.4 Å². The van der Waals surface area contributed by atoms with E-state index in [4.69, 9.17) is 16.9 Å². The minimum Gasteiger partial charge on any atom is -0.315 e. The number of alkyl halides is 3. The van der Waals surface area contributed by atoms with Gasteiger partial charge < -0.3 is 4.90 Å². The number of halogens is 4. The first kappa shape index (κ1) is 20.5. The van der Waals surface area contributed by atoms with Crippen LogP contribution in [0.5, 0.6) is 0 Å². The zero-order valence-corrected chi connectivity index (χ0v) is 16.6. The predicted octanol–water partition coefficient (Wildman–Crippen LogP) is 5.38. The Balaban J connectivity index is 1.70. The molecule has 0 bridgehead atoms. The summed E-state index contributed by atoms with van der Waals surface area (Å²) in [7, 11) is 0. The van der Waals surface area contributed by atoms with E-state index in [0.717, 1.165) is 37.0 Å². The van der Waals surface area contributed by atoms with E-state index in [9.17, 15) is 18.0 Å². The van der Waals surface area contributed by atoms with Crippen LogP contribution in [0.15, 0.2) is 36.5 Å². The number of nitriles is 1. The maximum atomic E-state index is 13.4. The van der Waals surface area contributed by atoms with E-state index in [-0.39, 0.29) is 23.8 Å². The Labute approximate surface area is 176 Å². The lowest BCUT2D eigenvalue weighted by Gasteiger charge is -2.32. The highest BCUT2D eigenvalue weighted by Crippen LogP contribution is 2.40. The Kier molecular flexibility index (Phi) is 5.33. The third-order valence-corrected chi connectivity index (χ3v) is 5.95. The number of fused-ring (bicyclic) bond motifs is 1. The molecular formula is C21H18ClF3N4O. The zero-order valence-electron chi connectivity index (χ0n) is 15.9. The van der Waals surface area contributed by atoms with Gasteiger partial charge in [0.1, 0.15) is 5.15 Å². The molecule has 2 unspecified atom stereocenters. The topological polar surface area (TPSA) is 60.2 Å². The molecule has 0 spiro atoms. The average molecular weight is 435 g/mol. The number of hydrogen-bond donors (Lipinski definition) is 0. The van der Waals surface area contributed by atoms with Gasteiger partial charge in [-0.25, -0.2) is 9.78 Å². The van der Waals surface area contributed by atoms with E-state index in [2.05, 4.69) is 4.98 Å². The van der Waals surface area contributed by atoms with Crippen molar-refractivity contribution in [2.24, 2.45) is 0 Å². The molecule has 1 aromatic carbocycles. The first-order chi connectivity index (χ1) is 14.3. The van der Waals surface area contributed by atoms with Crippen molar-refractivity contribution in [3.8, 4) is 6.07 Å².